The van der Waals surface area contributed by atoms with Crippen molar-refractivity contribution in [2.75, 3.05) is 5.32 Å². The van der Waals surface area contributed by atoms with Gasteiger partial charge >= 0.3 is 5.97 Å². The topological polar surface area (TPSA) is 79.2 Å². The van der Waals surface area contributed by atoms with E-state index in [9.17, 15) is 18.4 Å². The third kappa shape index (κ3) is 4.14. The summed E-state index contributed by atoms with van der Waals surface area (Å²) < 4.78 is 31.2. The molecule has 7 heteroatoms. The van der Waals surface area contributed by atoms with Crippen LogP contribution in [0.3, 0.4) is 0 Å². The summed E-state index contributed by atoms with van der Waals surface area (Å²) in [6, 6.07) is 10.5. The van der Waals surface area contributed by atoms with Gasteiger partial charge in [0.25, 0.3) is 5.91 Å². The van der Waals surface area contributed by atoms with Crippen LogP contribution in [0.5, 0.6) is 0 Å². The number of nitrogens with zero attached hydrogens (tertiary/aromatic N) is 1. The number of amides is 1. The fourth-order valence-electron chi connectivity index (χ4n) is 1.84. The monoisotopic (exact) mass is 330 g/mol. The Bertz CT molecular complexity index is 831. The van der Waals surface area contributed by atoms with Gasteiger partial charge in [-0.1, -0.05) is 6.07 Å². The molecular formula is C17H12F2N2O3. The van der Waals surface area contributed by atoms with Crippen LogP contribution in [0.15, 0.2) is 42.5 Å². The average Bonchev–Trinajstić information content (AvgIpc) is 2.54. The molecule has 122 valence electrons. The first kappa shape index (κ1) is 17.1. The highest BCUT2D eigenvalue weighted by molar-refractivity contribution is 5.97. The Morgan fingerprint density at radius 3 is 2.62 bits per heavy atom. The maximum atomic E-state index is 13.5. The number of halogens is 2. The summed E-state index contributed by atoms with van der Waals surface area (Å²) in [5.74, 6) is -3.64. The highest BCUT2D eigenvalue weighted by Crippen LogP contribution is 2.14. The van der Waals surface area contributed by atoms with Gasteiger partial charge in [-0.15, -0.1) is 0 Å². The average molecular weight is 330 g/mol. The minimum Gasteiger partial charge on any atom is -0.449 e. The summed E-state index contributed by atoms with van der Waals surface area (Å²) in [4.78, 5) is 23.8. The quantitative estimate of drug-likeness (QED) is 0.874. The summed E-state index contributed by atoms with van der Waals surface area (Å²) in [6.45, 7) is 1.31. The lowest BCUT2D eigenvalue weighted by Gasteiger charge is -2.14. The number of benzene rings is 2. The highest BCUT2D eigenvalue weighted by Gasteiger charge is 2.21. The largest absolute Gasteiger partial charge is 0.449 e. The fourth-order valence-corrected chi connectivity index (χ4v) is 1.84. The Labute approximate surface area is 136 Å². The lowest BCUT2D eigenvalue weighted by atomic mass is 10.2. The van der Waals surface area contributed by atoms with E-state index in [-0.39, 0.29) is 0 Å². The van der Waals surface area contributed by atoms with Crippen molar-refractivity contribution in [1.29, 1.82) is 5.26 Å². The van der Waals surface area contributed by atoms with Gasteiger partial charge in [-0.3, -0.25) is 4.79 Å². The van der Waals surface area contributed by atoms with Gasteiger partial charge in [-0.25, -0.2) is 13.6 Å². The number of nitriles is 1. The van der Waals surface area contributed by atoms with Gasteiger partial charge in [0, 0.05) is 11.8 Å². The molecule has 0 aliphatic rings. The number of esters is 1. The molecule has 1 amide bonds. The molecule has 0 saturated carbocycles. The fraction of sp³-hybridized carbons (Fsp3) is 0.118. The molecule has 0 radical (unpaired) electrons. The minimum absolute atomic E-state index is 0.353. The number of anilines is 1. The molecule has 24 heavy (non-hydrogen) atoms. The Kier molecular flexibility index (Phi) is 5.22. The SMILES string of the molecule is CC(OC(=O)c1ccc(F)cc1F)C(=O)Nc1cccc(C#N)c1. The number of hydrogen-bond donors (Lipinski definition) is 1. The maximum absolute atomic E-state index is 13.5. The van der Waals surface area contributed by atoms with Crippen molar-refractivity contribution in [3.8, 4) is 6.07 Å². The first-order chi connectivity index (χ1) is 11.4. The predicted octanol–water partition coefficient (Wildman–Crippen LogP) is 3.02. The number of carbonyl (C=O) groups excluding carboxylic acids is 2. The summed E-state index contributed by atoms with van der Waals surface area (Å²) in [5, 5.41) is 11.3. The van der Waals surface area contributed by atoms with Gasteiger partial charge in [0.15, 0.2) is 6.10 Å². The van der Waals surface area contributed by atoms with Gasteiger partial charge in [0.1, 0.15) is 11.6 Å². The Morgan fingerprint density at radius 2 is 1.96 bits per heavy atom. The molecule has 2 aromatic rings. The lowest BCUT2D eigenvalue weighted by Crippen LogP contribution is -2.30. The standard InChI is InChI=1S/C17H12F2N2O3/c1-10(16(22)21-13-4-2-3-11(7-13)9-20)24-17(23)14-6-5-12(18)8-15(14)19/h2-8,10H,1H3,(H,21,22). The predicted molar refractivity (Wildman–Crippen MR) is 81.0 cm³/mol. The van der Waals surface area contributed by atoms with Crippen molar-refractivity contribution in [3.05, 3.63) is 65.2 Å². The molecular weight excluding hydrogens is 318 g/mol. The second-order valence-corrected chi connectivity index (χ2v) is 4.85. The molecule has 0 aliphatic carbocycles. The molecule has 0 bridgehead atoms. The van der Waals surface area contributed by atoms with Crippen LogP contribution in [0.25, 0.3) is 0 Å². The zero-order chi connectivity index (χ0) is 17.7. The van der Waals surface area contributed by atoms with Crippen molar-refractivity contribution in [3.63, 3.8) is 0 Å². The Hall–Kier alpha value is -3.27. The van der Waals surface area contributed by atoms with Gasteiger partial charge in [-0.2, -0.15) is 5.26 Å². The van der Waals surface area contributed by atoms with Crippen LogP contribution < -0.4 is 5.32 Å². The lowest BCUT2D eigenvalue weighted by molar-refractivity contribution is -0.123. The summed E-state index contributed by atoms with van der Waals surface area (Å²) >= 11 is 0. The van der Waals surface area contributed by atoms with Gasteiger partial charge in [-0.05, 0) is 37.3 Å². The number of carbonyl (C=O) groups is 2. The molecule has 2 aromatic carbocycles. The summed E-state index contributed by atoms with van der Waals surface area (Å²) in [5.41, 5.74) is 0.239. The van der Waals surface area contributed by atoms with Crippen LogP contribution in [0, 0.1) is 23.0 Å². The molecule has 0 spiro atoms. The smallest absolute Gasteiger partial charge is 0.341 e. The van der Waals surface area contributed by atoms with E-state index in [1.807, 2.05) is 6.07 Å². The Balaban J connectivity index is 2.03. The summed E-state index contributed by atoms with van der Waals surface area (Å²) in [6.07, 6.45) is -1.22. The minimum atomic E-state index is -1.22. The van der Waals surface area contributed by atoms with Crippen molar-refractivity contribution in [2.45, 2.75) is 13.0 Å². The Morgan fingerprint density at radius 1 is 1.21 bits per heavy atom. The summed E-state index contributed by atoms with van der Waals surface area (Å²) in [7, 11) is 0. The van der Waals surface area contributed by atoms with Crippen LogP contribution in [0.4, 0.5) is 14.5 Å². The van der Waals surface area contributed by atoms with Crippen molar-refractivity contribution in [2.24, 2.45) is 0 Å². The number of hydrogen-bond acceptors (Lipinski definition) is 4. The molecule has 1 unspecified atom stereocenters. The maximum Gasteiger partial charge on any atom is 0.341 e. The molecule has 0 heterocycles. The third-order valence-electron chi connectivity index (χ3n) is 3.06. The van der Waals surface area contributed by atoms with Crippen LogP contribution >= 0.6 is 0 Å². The van der Waals surface area contributed by atoms with Gasteiger partial charge in [0.2, 0.25) is 0 Å². The van der Waals surface area contributed by atoms with Crippen LogP contribution in [0.2, 0.25) is 0 Å². The molecule has 1 atom stereocenters. The molecule has 0 saturated heterocycles. The van der Waals surface area contributed by atoms with Gasteiger partial charge in [0.05, 0.1) is 17.2 Å². The molecule has 0 fully saturated rings. The molecule has 0 aliphatic heterocycles. The van der Waals surface area contributed by atoms with Crippen LogP contribution in [-0.4, -0.2) is 18.0 Å². The molecule has 0 aromatic heterocycles. The van der Waals surface area contributed by atoms with Crippen molar-refractivity contribution in [1.82, 2.24) is 0 Å². The highest BCUT2D eigenvalue weighted by atomic mass is 19.1. The first-order valence-electron chi connectivity index (χ1n) is 6.88. The first-order valence-corrected chi connectivity index (χ1v) is 6.88. The number of nitrogens with one attached hydrogen (secondary N) is 1. The molecule has 1 N–H and O–H groups in total. The molecule has 2 rings (SSSR count). The van der Waals surface area contributed by atoms with E-state index >= 15 is 0 Å². The van der Waals surface area contributed by atoms with E-state index in [2.05, 4.69) is 5.32 Å². The van der Waals surface area contributed by atoms with E-state index < -0.39 is 35.2 Å². The van der Waals surface area contributed by atoms with E-state index in [4.69, 9.17) is 10.00 Å². The molecule has 5 nitrogen and oxygen atoms in total. The van der Waals surface area contributed by atoms with E-state index in [1.54, 1.807) is 18.2 Å². The zero-order valence-corrected chi connectivity index (χ0v) is 12.5. The van der Waals surface area contributed by atoms with Crippen LogP contribution in [-0.2, 0) is 9.53 Å². The normalized spacial score (nSPS) is 11.2. The van der Waals surface area contributed by atoms with E-state index in [0.717, 1.165) is 12.1 Å². The van der Waals surface area contributed by atoms with E-state index in [1.165, 1.54) is 13.0 Å². The third-order valence-corrected chi connectivity index (χ3v) is 3.06. The van der Waals surface area contributed by atoms with Crippen LogP contribution in [0.1, 0.15) is 22.8 Å². The van der Waals surface area contributed by atoms with Crippen molar-refractivity contribution >= 4 is 17.6 Å². The number of rotatable bonds is 4. The second-order valence-electron chi connectivity index (χ2n) is 4.85. The van der Waals surface area contributed by atoms with Crippen molar-refractivity contribution < 1.29 is 23.1 Å². The zero-order valence-electron chi connectivity index (χ0n) is 12.5. The second kappa shape index (κ2) is 7.33. The van der Waals surface area contributed by atoms with Gasteiger partial charge < -0.3 is 10.1 Å². The van der Waals surface area contributed by atoms with E-state index in [0.29, 0.717) is 17.3 Å². The number of ether oxygens (including phenoxy) is 1.